The van der Waals surface area contributed by atoms with Gasteiger partial charge in [0, 0.05) is 5.02 Å². The monoisotopic (exact) mass is 241 g/mol. The van der Waals surface area contributed by atoms with Gasteiger partial charge >= 0.3 is 0 Å². The van der Waals surface area contributed by atoms with E-state index in [0.717, 1.165) is 11.3 Å². The Hall–Kier alpha value is -1.19. The summed E-state index contributed by atoms with van der Waals surface area (Å²) in [5.41, 5.74) is 7.56. The van der Waals surface area contributed by atoms with E-state index in [1.807, 2.05) is 19.1 Å². The smallest absolute Gasteiger partial charge is 0.146 e. The lowest BCUT2D eigenvalue weighted by Crippen LogP contribution is -2.01. The molecule has 0 bridgehead atoms. The molecule has 0 atom stereocenters. The van der Waals surface area contributed by atoms with Crippen molar-refractivity contribution in [1.29, 1.82) is 0 Å². The van der Waals surface area contributed by atoms with Crippen molar-refractivity contribution in [3.63, 3.8) is 0 Å². The van der Waals surface area contributed by atoms with Gasteiger partial charge in [0.2, 0.25) is 0 Å². The van der Waals surface area contributed by atoms with Crippen LogP contribution >= 0.6 is 23.2 Å². The van der Waals surface area contributed by atoms with Crippen molar-refractivity contribution in [1.82, 2.24) is 9.78 Å². The number of aromatic nitrogens is 2. The summed E-state index contributed by atoms with van der Waals surface area (Å²) in [6.45, 7) is 1.94. The molecule has 2 rings (SSSR count). The van der Waals surface area contributed by atoms with Gasteiger partial charge in [0.25, 0.3) is 0 Å². The summed E-state index contributed by atoms with van der Waals surface area (Å²) in [5, 5.41) is 5.17. The van der Waals surface area contributed by atoms with Gasteiger partial charge in [0.1, 0.15) is 10.8 Å². The summed E-state index contributed by atoms with van der Waals surface area (Å²) in [6, 6.07) is 5.60. The highest BCUT2D eigenvalue weighted by molar-refractivity contribution is 6.33. The summed E-state index contributed by atoms with van der Waals surface area (Å²) in [6.07, 6.45) is 1.50. The molecular formula is C10H9Cl2N3. The first-order valence-corrected chi connectivity index (χ1v) is 5.10. The molecule has 15 heavy (non-hydrogen) atoms. The minimum absolute atomic E-state index is 0.414. The van der Waals surface area contributed by atoms with Crippen LogP contribution in [0.2, 0.25) is 10.0 Å². The number of anilines is 1. The zero-order valence-electron chi connectivity index (χ0n) is 8.04. The topological polar surface area (TPSA) is 43.8 Å². The van der Waals surface area contributed by atoms with Crippen LogP contribution in [0.25, 0.3) is 5.69 Å². The van der Waals surface area contributed by atoms with Gasteiger partial charge < -0.3 is 5.73 Å². The van der Waals surface area contributed by atoms with Crippen LogP contribution in [-0.2, 0) is 0 Å². The second kappa shape index (κ2) is 3.76. The molecule has 0 saturated carbocycles. The summed E-state index contributed by atoms with van der Waals surface area (Å²) in [5.74, 6) is 0.414. The van der Waals surface area contributed by atoms with Gasteiger partial charge in [-0.25, -0.2) is 4.68 Å². The van der Waals surface area contributed by atoms with Gasteiger partial charge in [-0.3, -0.25) is 0 Å². The van der Waals surface area contributed by atoms with Gasteiger partial charge in [-0.1, -0.05) is 29.3 Å². The Morgan fingerprint density at radius 3 is 2.53 bits per heavy atom. The quantitative estimate of drug-likeness (QED) is 0.835. The number of benzene rings is 1. The lowest BCUT2D eigenvalue weighted by Gasteiger charge is -2.05. The van der Waals surface area contributed by atoms with Gasteiger partial charge in [-0.2, -0.15) is 5.10 Å². The first kappa shape index (κ1) is 10.3. The fourth-order valence-corrected chi connectivity index (χ4v) is 1.56. The maximum absolute atomic E-state index is 6.01. The van der Waals surface area contributed by atoms with E-state index in [1.165, 1.54) is 6.20 Å². The lowest BCUT2D eigenvalue weighted by atomic mass is 10.2. The van der Waals surface area contributed by atoms with E-state index in [4.69, 9.17) is 28.9 Å². The molecule has 78 valence electrons. The Balaban J connectivity index is 2.55. The number of nitrogens with zero attached hydrogens (tertiary/aromatic N) is 2. The van der Waals surface area contributed by atoms with Gasteiger partial charge in [-0.15, -0.1) is 0 Å². The van der Waals surface area contributed by atoms with Crippen molar-refractivity contribution in [2.24, 2.45) is 0 Å². The number of hydrogen-bond donors (Lipinski definition) is 1. The third-order valence-electron chi connectivity index (χ3n) is 2.16. The van der Waals surface area contributed by atoms with Crippen molar-refractivity contribution < 1.29 is 0 Å². The van der Waals surface area contributed by atoms with E-state index in [0.29, 0.717) is 15.9 Å². The molecule has 0 radical (unpaired) electrons. The standard InChI is InChI=1S/C10H9Cl2N3/c1-6-2-3-7(4-8(6)11)15-10(13)9(12)5-14-15/h2-5H,13H2,1H3. The van der Waals surface area contributed by atoms with Gasteiger partial charge in [-0.05, 0) is 24.6 Å². The van der Waals surface area contributed by atoms with Crippen molar-refractivity contribution in [3.05, 3.63) is 40.0 Å². The summed E-state index contributed by atoms with van der Waals surface area (Å²) >= 11 is 11.8. The van der Waals surface area contributed by atoms with Crippen molar-refractivity contribution in [2.75, 3.05) is 5.73 Å². The van der Waals surface area contributed by atoms with Crippen LogP contribution in [-0.4, -0.2) is 9.78 Å². The zero-order valence-corrected chi connectivity index (χ0v) is 9.55. The number of rotatable bonds is 1. The molecule has 0 unspecified atom stereocenters. The molecule has 0 saturated heterocycles. The van der Waals surface area contributed by atoms with E-state index < -0.39 is 0 Å². The van der Waals surface area contributed by atoms with E-state index >= 15 is 0 Å². The van der Waals surface area contributed by atoms with Crippen LogP contribution in [0, 0.1) is 6.92 Å². The molecule has 2 aromatic rings. The molecule has 1 aromatic carbocycles. The van der Waals surface area contributed by atoms with E-state index in [-0.39, 0.29) is 0 Å². The third kappa shape index (κ3) is 1.80. The number of halogens is 2. The normalized spacial score (nSPS) is 10.6. The first-order chi connectivity index (χ1) is 7.09. The molecule has 3 nitrogen and oxygen atoms in total. The number of nitrogen functional groups attached to an aromatic ring is 1. The first-order valence-electron chi connectivity index (χ1n) is 4.35. The fraction of sp³-hybridized carbons (Fsp3) is 0.100. The average Bonchev–Trinajstić information content (AvgIpc) is 2.53. The van der Waals surface area contributed by atoms with Crippen LogP contribution in [0.4, 0.5) is 5.82 Å². The van der Waals surface area contributed by atoms with Crippen LogP contribution in [0.1, 0.15) is 5.56 Å². The number of nitrogens with two attached hydrogens (primary N) is 1. The highest BCUT2D eigenvalue weighted by atomic mass is 35.5. The summed E-state index contributed by atoms with van der Waals surface area (Å²) in [7, 11) is 0. The largest absolute Gasteiger partial charge is 0.382 e. The highest BCUT2D eigenvalue weighted by Gasteiger charge is 2.07. The van der Waals surface area contributed by atoms with Crippen LogP contribution in [0.5, 0.6) is 0 Å². The Morgan fingerprint density at radius 1 is 1.27 bits per heavy atom. The van der Waals surface area contributed by atoms with Crippen molar-refractivity contribution >= 4 is 29.0 Å². The molecule has 5 heteroatoms. The molecule has 0 aliphatic carbocycles. The predicted molar refractivity (Wildman–Crippen MR) is 62.7 cm³/mol. The Kier molecular flexibility index (Phi) is 2.59. The minimum atomic E-state index is 0.414. The SMILES string of the molecule is Cc1ccc(-n2ncc(Cl)c2N)cc1Cl. The van der Waals surface area contributed by atoms with Gasteiger partial charge in [0.05, 0.1) is 11.9 Å². The number of hydrogen-bond acceptors (Lipinski definition) is 2. The molecular weight excluding hydrogens is 233 g/mol. The van der Waals surface area contributed by atoms with Crippen LogP contribution in [0.15, 0.2) is 24.4 Å². The lowest BCUT2D eigenvalue weighted by molar-refractivity contribution is 0.891. The average molecular weight is 242 g/mol. The molecule has 0 fully saturated rings. The van der Waals surface area contributed by atoms with Gasteiger partial charge in [0.15, 0.2) is 0 Å². The zero-order chi connectivity index (χ0) is 11.0. The third-order valence-corrected chi connectivity index (χ3v) is 2.86. The van der Waals surface area contributed by atoms with E-state index in [1.54, 1.807) is 10.7 Å². The number of aryl methyl sites for hydroxylation is 1. The Bertz CT molecular complexity index is 505. The van der Waals surface area contributed by atoms with Crippen molar-refractivity contribution in [3.8, 4) is 5.69 Å². The molecule has 1 heterocycles. The predicted octanol–water partition coefficient (Wildman–Crippen LogP) is 3.07. The maximum atomic E-state index is 6.01. The molecule has 0 spiro atoms. The molecule has 2 N–H and O–H groups in total. The molecule has 0 aliphatic heterocycles. The second-order valence-electron chi connectivity index (χ2n) is 3.22. The molecule has 1 aromatic heterocycles. The maximum Gasteiger partial charge on any atom is 0.146 e. The summed E-state index contributed by atoms with van der Waals surface area (Å²) < 4.78 is 1.55. The van der Waals surface area contributed by atoms with Crippen molar-refractivity contribution in [2.45, 2.75) is 6.92 Å². The minimum Gasteiger partial charge on any atom is -0.382 e. The summed E-state index contributed by atoms with van der Waals surface area (Å²) in [4.78, 5) is 0. The fourth-order valence-electron chi connectivity index (χ4n) is 1.26. The van der Waals surface area contributed by atoms with E-state index in [2.05, 4.69) is 5.10 Å². The van der Waals surface area contributed by atoms with Crippen LogP contribution < -0.4 is 5.73 Å². The van der Waals surface area contributed by atoms with E-state index in [9.17, 15) is 0 Å². The Labute approximate surface area is 97.4 Å². The van der Waals surface area contributed by atoms with Crippen LogP contribution in [0.3, 0.4) is 0 Å². The molecule has 0 amide bonds. The second-order valence-corrected chi connectivity index (χ2v) is 4.04. The molecule has 0 aliphatic rings. The highest BCUT2D eigenvalue weighted by Crippen LogP contribution is 2.24. The Morgan fingerprint density at radius 2 is 2.00 bits per heavy atom.